The molecule has 0 aromatic heterocycles. The molecule has 2 rings (SSSR count). The SMILES string of the molecule is Cc1ccc(C(C)NC2CCC(C)(C)C2)c(O)c1. The minimum absolute atomic E-state index is 0.212. The standard InChI is InChI=1S/C16H25NO/c1-11-5-6-14(15(18)9-11)12(2)17-13-7-8-16(3,4)10-13/h5-6,9,12-13,17-18H,7-8,10H2,1-4H3. The van der Waals surface area contributed by atoms with Gasteiger partial charge in [0.2, 0.25) is 0 Å². The van der Waals surface area contributed by atoms with Gasteiger partial charge < -0.3 is 10.4 Å². The summed E-state index contributed by atoms with van der Waals surface area (Å²) in [6.45, 7) is 8.81. The minimum Gasteiger partial charge on any atom is -0.508 e. The lowest BCUT2D eigenvalue weighted by Crippen LogP contribution is -2.30. The number of aryl methyl sites for hydroxylation is 1. The summed E-state index contributed by atoms with van der Waals surface area (Å²) >= 11 is 0. The molecule has 2 heteroatoms. The second-order valence-corrected chi connectivity index (χ2v) is 6.55. The van der Waals surface area contributed by atoms with Gasteiger partial charge in [-0.2, -0.15) is 0 Å². The third-order valence-electron chi connectivity index (χ3n) is 4.11. The van der Waals surface area contributed by atoms with E-state index in [4.69, 9.17) is 0 Å². The first-order chi connectivity index (χ1) is 8.37. The number of hydrogen-bond acceptors (Lipinski definition) is 2. The van der Waals surface area contributed by atoms with E-state index in [0.29, 0.717) is 17.2 Å². The van der Waals surface area contributed by atoms with Gasteiger partial charge in [0.25, 0.3) is 0 Å². The van der Waals surface area contributed by atoms with Crippen LogP contribution < -0.4 is 5.32 Å². The molecule has 100 valence electrons. The van der Waals surface area contributed by atoms with Crippen molar-refractivity contribution < 1.29 is 5.11 Å². The van der Waals surface area contributed by atoms with Crippen molar-refractivity contribution >= 4 is 0 Å². The number of benzene rings is 1. The summed E-state index contributed by atoms with van der Waals surface area (Å²) in [6.07, 6.45) is 3.76. The highest BCUT2D eigenvalue weighted by Gasteiger charge is 2.31. The predicted molar refractivity (Wildman–Crippen MR) is 75.8 cm³/mol. The van der Waals surface area contributed by atoms with E-state index < -0.39 is 0 Å². The van der Waals surface area contributed by atoms with Crippen LogP contribution in [0.3, 0.4) is 0 Å². The number of aromatic hydroxyl groups is 1. The fraction of sp³-hybridized carbons (Fsp3) is 0.625. The molecule has 1 aromatic carbocycles. The number of nitrogens with one attached hydrogen (secondary N) is 1. The fourth-order valence-electron chi connectivity index (χ4n) is 3.04. The summed E-state index contributed by atoms with van der Waals surface area (Å²) in [5.74, 6) is 0.409. The van der Waals surface area contributed by atoms with Gasteiger partial charge in [0.05, 0.1) is 0 Å². The maximum Gasteiger partial charge on any atom is 0.120 e. The van der Waals surface area contributed by atoms with Crippen molar-refractivity contribution in [2.75, 3.05) is 0 Å². The van der Waals surface area contributed by atoms with E-state index in [2.05, 4.69) is 32.2 Å². The van der Waals surface area contributed by atoms with Gasteiger partial charge in [-0.3, -0.25) is 0 Å². The molecule has 2 N–H and O–H groups in total. The van der Waals surface area contributed by atoms with Gasteiger partial charge in [0, 0.05) is 17.6 Å². The van der Waals surface area contributed by atoms with Crippen LogP contribution in [-0.2, 0) is 0 Å². The molecule has 0 amide bonds. The molecule has 1 fully saturated rings. The Morgan fingerprint density at radius 2 is 2.11 bits per heavy atom. The Hall–Kier alpha value is -1.02. The highest BCUT2D eigenvalue weighted by molar-refractivity contribution is 5.37. The van der Waals surface area contributed by atoms with Crippen LogP contribution in [0.15, 0.2) is 18.2 Å². The molecule has 0 aliphatic heterocycles. The first-order valence-electron chi connectivity index (χ1n) is 6.93. The van der Waals surface area contributed by atoms with Crippen molar-refractivity contribution in [2.24, 2.45) is 5.41 Å². The Morgan fingerprint density at radius 1 is 1.39 bits per heavy atom. The monoisotopic (exact) mass is 247 g/mol. The van der Waals surface area contributed by atoms with E-state index in [1.54, 1.807) is 0 Å². The highest BCUT2D eigenvalue weighted by atomic mass is 16.3. The third kappa shape index (κ3) is 3.05. The Labute approximate surface area is 110 Å². The number of rotatable bonds is 3. The van der Waals surface area contributed by atoms with E-state index in [-0.39, 0.29) is 6.04 Å². The van der Waals surface area contributed by atoms with Crippen LogP contribution in [0.4, 0.5) is 0 Å². The normalized spacial score (nSPS) is 24.1. The Bertz CT molecular complexity index is 425. The zero-order chi connectivity index (χ0) is 13.3. The lowest BCUT2D eigenvalue weighted by molar-refractivity contribution is 0.354. The molecule has 1 saturated carbocycles. The third-order valence-corrected chi connectivity index (χ3v) is 4.11. The van der Waals surface area contributed by atoms with Gasteiger partial charge in [-0.15, -0.1) is 0 Å². The highest BCUT2D eigenvalue weighted by Crippen LogP contribution is 2.38. The predicted octanol–water partition coefficient (Wildman–Crippen LogP) is 3.93. The van der Waals surface area contributed by atoms with E-state index in [1.165, 1.54) is 19.3 Å². The fourth-order valence-corrected chi connectivity index (χ4v) is 3.04. The first kappa shape index (κ1) is 13.4. The summed E-state index contributed by atoms with van der Waals surface area (Å²) in [4.78, 5) is 0. The van der Waals surface area contributed by atoms with E-state index in [0.717, 1.165) is 11.1 Å². The van der Waals surface area contributed by atoms with Crippen LogP contribution in [0.5, 0.6) is 5.75 Å². The van der Waals surface area contributed by atoms with Crippen molar-refractivity contribution in [2.45, 2.75) is 59.0 Å². The first-order valence-corrected chi connectivity index (χ1v) is 6.93. The zero-order valence-electron chi connectivity index (χ0n) is 12.0. The zero-order valence-corrected chi connectivity index (χ0v) is 12.0. The second kappa shape index (κ2) is 4.93. The maximum absolute atomic E-state index is 10.00. The van der Waals surface area contributed by atoms with Crippen molar-refractivity contribution in [1.82, 2.24) is 5.32 Å². The molecular formula is C16H25NO. The Morgan fingerprint density at radius 3 is 2.67 bits per heavy atom. The van der Waals surface area contributed by atoms with Crippen molar-refractivity contribution in [1.29, 1.82) is 0 Å². The quantitative estimate of drug-likeness (QED) is 0.848. The largest absolute Gasteiger partial charge is 0.508 e. The van der Waals surface area contributed by atoms with Crippen LogP contribution in [0, 0.1) is 12.3 Å². The molecule has 1 aliphatic rings. The van der Waals surface area contributed by atoms with Gasteiger partial charge in [-0.1, -0.05) is 26.0 Å². The average Bonchev–Trinajstić information content (AvgIpc) is 2.57. The van der Waals surface area contributed by atoms with Crippen LogP contribution in [0.1, 0.15) is 57.2 Å². The summed E-state index contributed by atoms with van der Waals surface area (Å²) < 4.78 is 0. The molecule has 0 radical (unpaired) electrons. The molecule has 18 heavy (non-hydrogen) atoms. The molecule has 1 aromatic rings. The summed E-state index contributed by atoms with van der Waals surface area (Å²) in [5.41, 5.74) is 2.57. The van der Waals surface area contributed by atoms with E-state index in [9.17, 15) is 5.11 Å². The minimum atomic E-state index is 0.212. The van der Waals surface area contributed by atoms with E-state index in [1.807, 2.05) is 19.1 Å². The molecule has 2 nitrogen and oxygen atoms in total. The van der Waals surface area contributed by atoms with Gasteiger partial charge in [0.1, 0.15) is 5.75 Å². The molecule has 2 unspecified atom stereocenters. The van der Waals surface area contributed by atoms with Crippen LogP contribution in [-0.4, -0.2) is 11.1 Å². The molecule has 0 bridgehead atoms. The lowest BCUT2D eigenvalue weighted by atomic mass is 9.91. The molecule has 0 heterocycles. The number of phenols is 1. The van der Waals surface area contributed by atoms with Crippen LogP contribution in [0.25, 0.3) is 0 Å². The van der Waals surface area contributed by atoms with Crippen molar-refractivity contribution in [3.05, 3.63) is 29.3 Å². The Balaban J connectivity index is 2.02. The number of hydrogen-bond donors (Lipinski definition) is 2. The molecule has 0 saturated heterocycles. The summed E-state index contributed by atoms with van der Waals surface area (Å²) in [6, 6.07) is 6.72. The van der Waals surface area contributed by atoms with Crippen LogP contribution in [0.2, 0.25) is 0 Å². The Kier molecular flexibility index (Phi) is 3.67. The topological polar surface area (TPSA) is 32.3 Å². The number of phenolic OH excluding ortho intramolecular Hbond substituents is 1. The van der Waals surface area contributed by atoms with Crippen molar-refractivity contribution in [3.8, 4) is 5.75 Å². The second-order valence-electron chi connectivity index (χ2n) is 6.55. The van der Waals surface area contributed by atoms with Gasteiger partial charge in [-0.05, 0) is 50.2 Å². The summed E-state index contributed by atoms with van der Waals surface area (Å²) in [7, 11) is 0. The molecule has 0 spiro atoms. The van der Waals surface area contributed by atoms with Gasteiger partial charge >= 0.3 is 0 Å². The van der Waals surface area contributed by atoms with Gasteiger partial charge in [-0.25, -0.2) is 0 Å². The van der Waals surface area contributed by atoms with Gasteiger partial charge in [0.15, 0.2) is 0 Å². The van der Waals surface area contributed by atoms with Crippen LogP contribution >= 0.6 is 0 Å². The molecule has 1 aliphatic carbocycles. The maximum atomic E-state index is 10.00. The van der Waals surface area contributed by atoms with E-state index >= 15 is 0 Å². The summed E-state index contributed by atoms with van der Waals surface area (Å²) in [5, 5.41) is 13.6. The molecular weight excluding hydrogens is 222 g/mol. The lowest BCUT2D eigenvalue weighted by Gasteiger charge is -2.22. The van der Waals surface area contributed by atoms with Crippen molar-refractivity contribution in [3.63, 3.8) is 0 Å². The smallest absolute Gasteiger partial charge is 0.120 e. The average molecular weight is 247 g/mol. The molecule has 2 atom stereocenters.